The van der Waals surface area contributed by atoms with Gasteiger partial charge in [-0.2, -0.15) is 5.10 Å². The van der Waals surface area contributed by atoms with E-state index >= 15 is 0 Å². The second-order valence-corrected chi connectivity index (χ2v) is 12.3. The molecule has 1 amide bonds. The third kappa shape index (κ3) is 6.91. The number of piperidine rings is 1. The van der Waals surface area contributed by atoms with Crippen LogP contribution in [0.5, 0.6) is 0 Å². The SMILES string of the molecule is Cn1cc(-c2ccc(C3CC3N(CC3CCN(Cc4ccc(C(=O)O)cc4)CC3)C(=O)OC(C)(C)C)cc2)cn1. The Labute approximate surface area is 236 Å². The van der Waals surface area contributed by atoms with E-state index in [-0.39, 0.29) is 12.1 Å². The molecule has 1 aliphatic heterocycles. The molecule has 0 spiro atoms. The number of carbonyl (C=O) groups excluding carboxylic acids is 1. The summed E-state index contributed by atoms with van der Waals surface area (Å²) in [4.78, 5) is 28.9. The molecule has 212 valence electrons. The van der Waals surface area contributed by atoms with Gasteiger partial charge in [-0.3, -0.25) is 9.58 Å². The summed E-state index contributed by atoms with van der Waals surface area (Å²) in [6, 6.07) is 15.9. The van der Waals surface area contributed by atoms with Gasteiger partial charge >= 0.3 is 12.1 Å². The second-order valence-electron chi connectivity index (χ2n) is 12.3. The zero-order valence-corrected chi connectivity index (χ0v) is 23.9. The summed E-state index contributed by atoms with van der Waals surface area (Å²) in [7, 11) is 1.92. The van der Waals surface area contributed by atoms with Crippen molar-refractivity contribution >= 4 is 12.1 Å². The van der Waals surface area contributed by atoms with Crippen molar-refractivity contribution in [3.05, 3.63) is 77.6 Å². The molecule has 1 aliphatic carbocycles. The van der Waals surface area contributed by atoms with Crippen LogP contribution in [-0.4, -0.2) is 68.0 Å². The molecule has 8 heteroatoms. The number of carboxylic acids is 1. The predicted octanol–water partition coefficient (Wildman–Crippen LogP) is 5.79. The van der Waals surface area contributed by atoms with Crippen LogP contribution in [0.2, 0.25) is 0 Å². The predicted molar refractivity (Wildman–Crippen MR) is 154 cm³/mol. The lowest BCUT2D eigenvalue weighted by molar-refractivity contribution is 0.0170. The minimum atomic E-state index is -0.901. The van der Waals surface area contributed by atoms with Crippen LogP contribution in [0, 0.1) is 5.92 Å². The largest absolute Gasteiger partial charge is 0.478 e. The number of aromatic nitrogens is 2. The van der Waals surface area contributed by atoms with Crippen molar-refractivity contribution in [2.24, 2.45) is 13.0 Å². The lowest BCUT2D eigenvalue weighted by Gasteiger charge is -2.36. The highest BCUT2D eigenvalue weighted by Gasteiger charge is 2.46. The Balaban J connectivity index is 1.19. The summed E-state index contributed by atoms with van der Waals surface area (Å²) in [5.74, 6) is -0.154. The highest BCUT2D eigenvalue weighted by molar-refractivity contribution is 5.87. The van der Waals surface area contributed by atoms with Gasteiger partial charge in [-0.05, 0) is 87.9 Å². The molecule has 40 heavy (non-hydrogen) atoms. The first-order chi connectivity index (χ1) is 19.1. The zero-order valence-electron chi connectivity index (χ0n) is 23.9. The number of ether oxygens (including phenoxy) is 1. The zero-order chi connectivity index (χ0) is 28.4. The molecule has 2 aliphatic rings. The van der Waals surface area contributed by atoms with E-state index in [0.29, 0.717) is 23.9 Å². The molecular formula is C32H40N4O4. The number of benzene rings is 2. The van der Waals surface area contributed by atoms with E-state index in [4.69, 9.17) is 9.84 Å². The number of aromatic carboxylic acids is 1. The van der Waals surface area contributed by atoms with Gasteiger partial charge in [0.2, 0.25) is 0 Å². The Kier molecular flexibility index (Phi) is 7.99. The molecule has 2 aromatic carbocycles. The fourth-order valence-electron chi connectivity index (χ4n) is 5.66. The summed E-state index contributed by atoms with van der Waals surface area (Å²) in [5.41, 5.74) is 4.39. The van der Waals surface area contributed by atoms with Crippen LogP contribution in [-0.2, 0) is 18.3 Å². The average Bonchev–Trinajstić information content (AvgIpc) is 3.58. The Morgan fingerprint density at radius 1 is 1.02 bits per heavy atom. The number of carbonyl (C=O) groups is 2. The lowest BCUT2D eigenvalue weighted by atomic mass is 9.95. The van der Waals surface area contributed by atoms with Gasteiger partial charge in [0.05, 0.1) is 11.8 Å². The fourth-order valence-corrected chi connectivity index (χ4v) is 5.66. The first-order valence-corrected chi connectivity index (χ1v) is 14.2. The van der Waals surface area contributed by atoms with Crippen LogP contribution in [0.1, 0.15) is 67.4 Å². The Morgan fingerprint density at radius 3 is 2.27 bits per heavy atom. The number of aryl methyl sites for hydroxylation is 1. The molecule has 2 fully saturated rings. The van der Waals surface area contributed by atoms with Crippen molar-refractivity contribution in [1.29, 1.82) is 0 Å². The van der Waals surface area contributed by atoms with E-state index in [1.807, 2.05) is 61.9 Å². The molecule has 2 unspecified atom stereocenters. The van der Waals surface area contributed by atoms with Crippen molar-refractivity contribution in [3.63, 3.8) is 0 Å². The maximum Gasteiger partial charge on any atom is 0.410 e. The third-order valence-electron chi connectivity index (χ3n) is 7.93. The van der Waals surface area contributed by atoms with E-state index in [9.17, 15) is 9.59 Å². The van der Waals surface area contributed by atoms with Gasteiger partial charge in [0.15, 0.2) is 0 Å². The summed E-state index contributed by atoms with van der Waals surface area (Å²) >= 11 is 0. The fraction of sp³-hybridized carbons (Fsp3) is 0.469. The van der Waals surface area contributed by atoms with Gasteiger partial charge < -0.3 is 14.7 Å². The number of rotatable bonds is 8. The number of hydrogen-bond donors (Lipinski definition) is 1. The monoisotopic (exact) mass is 544 g/mol. The average molecular weight is 545 g/mol. The van der Waals surface area contributed by atoms with Crippen molar-refractivity contribution in [2.75, 3.05) is 19.6 Å². The van der Waals surface area contributed by atoms with Gasteiger partial charge in [0.25, 0.3) is 0 Å². The molecule has 0 radical (unpaired) electrons. The topological polar surface area (TPSA) is 87.9 Å². The molecule has 2 atom stereocenters. The van der Waals surface area contributed by atoms with Crippen LogP contribution in [0.4, 0.5) is 4.79 Å². The Bertz CT molecular complexity index is 1320. The Morgan fingerprint density at radius 2 is 1.70 bits per heavy atom. The minimum absolute atomic E-state index is 0.157. The standard InChI is InChI=1S/C32H40N4O4/c1-32(2,3)40-31(39)36(29-17-28(29)25-11-9-24(10-12-25)27-18-33-34(4)21-27)20-23-13-15-35(16-14-23)19-22-5-7-26(8-6-22)30(37)38/h5-12,18,21,23,28-29H,13-17,19-20H2,1-4H3,(H,37,38). The highest BCUT2D eigenvalue weighted by Crippen LogP contribution is 2.46. The summed E-state index contributed by atoms with van der Waals surface area (Å²) < 4.78 is 7.67. The van der Waals surface area contributed by atoms with Gasteiger partial charge in [-0.15, -0.1) is 0 Å². The molecule has 0 bridgehead atoms. The second kappa shape index (κ2) is 11.5. The van der Waals surface area contributed by atoms with E-state index in [1.165, 1.54) is 5.56 Å². The Hall–Kier alpha value is -3.65. The summed E-state index contributed by atoms with van der Waals surface area (Å²) in [6.45, 7) is 9.20. The van der Waals surface area contributed by atoms with Gasteiger partial charge in [-0.1, -0.05) is 36.4 Å². The minimum Gasteiger partial charge on any atom is -0.478 e. The lowest BCUT2D eigenvalue weighted by Crippen LogP contribution is -2.44. The van der Waals surface area contributed by atoms with Crippen molar-refractivity contribution < 1.29 is 19.4 Å². The normalized spacial score (nSPS) is 19.8. The van der Waals surface area contributed by atoms with E-state index < -0.39 is 11.6 Å². The van der Waals surface area contributed by atoms with E-state index in [2.05, 4.69) is 34.3 Å². The van der Waals surface area contributed by atoms with E-state index in [1.54, 1.807) is 12.1 Å². The number of amides is 1. The summed E-state index contributed by atoms with van der Waals surface area (Å²) in [5, 5.41) is 13.4. The maximum absolute atomic E-state index is 13.4. The maximum atomic E-state index is 13.4. The smallest absolute Gasteiger partial charge is 0.410 e. The number of likely N-dealkylation sites (tertiary alicyclic amines) is 1. The molecule has 1 N–H and O–H groups in total. The number of carboxylic acid groups (broad SMARTS) is 1. The molecule has 3 aromatic rings. The molecule has 5 rings (SSSR count). The molecule has 1 aromatic heterocycles. The molecule has 2 heterocycles. The first-order valence-electron chi connectivity index (χ1n) is 14.2. The van der Waals surface area contributed by atoms with Crippen LogP contribution >= 0.6 is 0 Å². The van der Waals surface area contributed by atoms with Crippen molar-refractivity contribution in [2.45, 2.75) is 64.1 Å². The van der Waals surface area contributed by atoms with Crippen LogP contribution in [0.15, 0.2) is 60.9 Å². The van der Waals surface area contributed by atoms with Crippen molar-refractivity contribution in [1.82, 2.24) is 19.6 Å². The van der Waals surface area contributed by atoms with Gasteiger partial charge in [0, 0.05) is 43.9 Å². The van der Waals surface area contributed by atoms with Crippen molar-refractivity contribution in [3.8, 4) is 11.1 Å². The first kappa shape index (κ1) is 27.9. The van der Waals surface area contributed by atoms with Crippen LogP contribution in [0.25, 0.3) is 11.1 Å². The molecule has 8 nitrogen and oxygen atoms in total. The molecule has 1 saturated carbocycles. The molecule has 1 saturated heterocycles. The third-order valence-corrected chi connectivity index (χ3v) is 7.93. The quantitative estimate of drug-likeness (QED) is 0.386. The van der Waals surface area contributed by atoms with Crippen LogP contribution < -0.4 is 0 Å². The summed E-state index contributed by atoms with van der Waals surface area (Å²) in [6.07, 6.45) is 6.66. The van der Waals surface area contributed by atoms with E-state index in [0.717, 1.165) is 55.6 Å². The van der Waals surface area contributed by atoms with Gasteiger partial charge in [0.1, 0.15) is 5.60 Å². The highest BCUT2D eigenvalue weighted by atomic mass is 16.6. The number of nitrogens with zero attached hydrogens (tertiary/aromatic N) is 4. The van der Waals surface area contributed by atoms with Crippen LogP contribution in [0.3, 0.4) is 0 Å². The van der Waals surface area contributed by atoms with Gasteiger partial charge in [-0.25, -0.2) is 9.59 Å². The number of hydrogen-bond acceptors (Lipinski definition) is 5. The molecular weight excluding hydrogens is 504 g/mol.